The number of hydrogen-bond acceptors (Lipinski definition) is 5. The second kappa shape index (κ2) is 8.00. The highest BCUT2D eigenvalue weighted by atomic mass is 16.5. The third-order valence-corrected chi connectivity index (χ3v) is 3.95. The first-order valence-electron chi connectivity index (χ1n) is 6.36. The van der Waals surface area contributed by atoms with Gasteiger partial charge in [0.1, 0.15) is 0 Å². The average molecular weight is 247 g/mol. The summed E-state index contributed by atoms with van der Waals surface area (Å²) in [7, 11) is 0. The van der Waals surface area contributed by atoms with Crippen LogP contribution in [0.3, 0.4) is 0 Å². The van der Waals surface area contributed by atoms with Gasteiger partial charge in [0.05, 0.1) is 19.8 Å². The molecule has 0 aliphatic carbocycles. The zero-order chi connectivity index (χ0) is 13.4. The molecule has 1 atom stereocenters. The average Bonchev–Trinajstić information content (AvgIpc) is 2.41. The van der Waals surface area contributed by atoms with E-state index in [2.05, 4.69) is 6.92 Å². The fraction of sp³-hybridized carbons (Fsp3) is 1.00. The van der Waals surface area contributed by atoms with Gasteiger partial charge in [-0.1, -0.05) is 13.8 Å². The van der Waals surface area contributed by atoms with Crippen molar-refractivity contribution in [3.8, 4) is 0 Å². The van der Waals surface area contributed by atoms with E-state index in [1.807, 2.05) is 6.92 Å². The molecule has 0 heterocycles. The van der Waals surface area contributed by atoms with Crippen LogP contribution < -0.4 is 17.2 Å². The lowest BCUT2D eigenvalue weighted by Gasteiger charge is -2.33. The molecule has 5 nitrogen and oxygen atoms in total. The highest BCUT2D eigenvalue weighted by Crippen LogP contribution is 2.23. The number of hydrogen-bond donors (Lipinski definition) is 4. The van der Waals surface area contributed by atoms with Crippen molar-refractivity contribution < 1.29 is 9.84 Å². The monoisotopic (exact) mass is 247 g/mol. The van der Waals surface area contributed by atoms with Crippen LogP contribution in [0.15, 0.2) is 0 Å². The first-order chi connectivity index (χ1) is 8.07. The van der Waals surface area contributed by atoms with E-state index in [0.717, 1.165) is 12.8 Å². The summed E-state index contributed by atoms with van der Waals surface area (Å²) in [4.78, 5) is 0. The quantitative estimate of drug-likeness (QED) is 0.422. The predicted octanol–water partition coefficient (Wildman–Crippen LogP) is -0.336. The second-order valence-corrected chi connectivity index (χ2v) is 4.97. The molecule has 1 unspecified atom stereocenters. The van der Waals surface area contributed by atoms with Crippen molar-refractivity contribution in [3.63, 3.8) is 0 Å². The maximum absolute atomic E-state index is 9.37. The summed E-state index contributed by atoms with van der Waals surface area (Å²) in [6, 6.07) is 0. The van der Waals surface area contributed by atoms with Crippen LogP contribution in [-0.4, -0.2) is 44.6 Å². The molecule has 0 aromatic carbocycles. The molecule has 0 saturated heterocycles. The molecule has 0 aliphatic heterocycles. The van der Waals surface area contributed by atoms with Crippen LogP contribution in [0, 0.1) is 10.8 Å². The third kappa shape index (κ3) is 4.52. The molecule has 0 amide bonds. The van der Waals surface area contributed by atoms with E-state index in [0.29, 0.717) is 32.8 Å². The van der Waals surface area contributed by atoms with Crippen molar-refractivity contribution in [1.82, 2.24) is 0 Å². The number of rotatable bonds is 10. The number of nitrogens with two attached hydrogens (primary N) is 3. The lowest BCUT2D eigenvalue weighted by Crippen LogP contribution is -2.44. The molecule has 0 saturated carbocycles. The fourth-order valence-corrected chi connectivity index (χ4v) is 1.60. The maximum Gasteiger partial charge on any atom is 0.0556 e. The van der Waals surface area contributed by atoms with Gasteiger partial charge >= 0.3 is 0 Å². The molecule has 7 N–H and O–H groups in total. The van der Waals surface area contributed by atoms with E-state index in [1.165, 1.54) is 0 Å². The van der Waals surface area contributed by atoms with Gasteiger partial charge < -0.3 is 27.0 Å². The van der Waals surface area contributed by atoms with E-state index in [1.54, 1.807) is 0 Å². The van der Waals surface area contributed by atoms with Crippen molar-refractivity contribution in [1.29, 1.82) is 0 Å². The summed E-state index contributed by atoms with van der Waals surface area (Å²) >= 11 is 0. The fourth-order valence-electron chi connectivity index (χ4n) is 1.60. The second-order valence-electron chi connectivity index (χ2n) is 4.97. The number of aliphatic hydroxyl groups is 1. The van der Waals surface area contributed by atoms with Crippen LogP contribution in [0.4, 0.5) is 0 Å². The third-order valence-electron chi connectivity index (χ3n) is 3.95. The van der Waals surface area contributed by atoms with E-state index in [4.69, 9.17) is 21.9 Å². The minimum Gasteiger partial charge on any atom is -0.396 e. The van der Waals surface area contributed by atoms with E-state index in [-0.39, 0.29) is 17.4 Å². The minimum atomic E-state index is -0.331. The van der Waals surface area contributed by atoms with Crippen molar-refractivity contribution in [2.45, 2.75) is 26.7 Å². The minimum absolute atomic E-state index is 0.0460. The molecule has 0 fully saturated rings. The maximum atomic E-state index is 9.37. The van der Waals surface area contributed by atoms with Gasteiger partial charge in [0, 0.05) is 30.5 Å². The smallest absolute Gasteiger partial charge is 0.0556 e. The largest absolute Gasteiger partial charge is 0.396 e. The van der Waals surface area contributed by atoms with Crippen LogP contribution in [-0.2, 0) is 4.74 Å². The lowest BCUT2D eigenvalue weighted by atomic mass is 9.85. The lowest BCUT2D eigenvalue weighted by molar-refractivity contribution is -0.0246. The van der Waals surface area contributed by atoms with Crippen LogP contribution in [0.5, 0.6) is 0 Å². The van der Waals surface area contributed by atoms with Gasteiger partial charge in [0.25, 0.3) is 0 Å². The molecule has 17 heavy (non-hydrogen) atoms. The van der Waals surface area contributed by atoms with Crippen LogP contribution in [0.25, 0.3) is 0 Å². The van der Waals surface area contributed by atoms with Crippen molar-refractivity contribution in [3.05, 3.63) is 0 Å². The van der Waals surface area contributed by atoms with Gasteiger partial charge in [0.15, 0.2) is 0 Å². The van der Waals surface area contributed by atoms with Crippen LogP contribution in [0.1, 0.15) is 26.7 Å². The molecule has 0 rings (SSSR count). The van der Waals surface area contributed by atoms with E-state index < -0.39 is 0 Å². The van der Waals surface area contributed by atoms with E-state index >= 15 is 0 Å². The first kappa shape index (κ1) is 16.8. The molecule has 5 heteroatoms. The Hall–Kier alpha value is -0.200. The van der Waals surface area contributed by atoms with Gasteiger partial charge in [-0.25, -0.2) is 0 Å². The summed E-state index contributed by atoms with van der Waals surface area (Å²) in [6.07, 6.45) is 1.69. The summed E-state index contributed by atoms with van der Waals surface area (Å²) in [6.45, 7) is 6.55. The summed E-state index contributed by atoms with van der Waals surface area (Å²) < 4.78 is 5.71. The Balaban J connectivity index is 4.28. The molecular formula is C12H29N3O2. The van der Waals surface area contributed by atoms with E-state index in [9.17, 15) is 5.11 Å². The summed E-state index contributed by atoms with van der Waals surface area (Å²) in [5, 5.41) is 9.37. The number of aliphatic hydroxyl groups excluding tert-OH is 1. The molecule has 0 aromatic heterocycles. The Morgan fingerprint density at radius 2 is 1.29 bits per heavy atom. The van der Waals surface area contributed by atoms with Crippen LogP contribution >= 0.6 is 0 Å². The van der Waals surface area contributed by atoms with Gasteiger partial charge in [-0.3, -0.25) is 0 Å². The zero-order valence-electron chi connectivity index (χ0n) is 11.2. The van der Waals surface area contributed by atoms with Crippen molar-refractivity contribution >= 4 is 0 Å². The topological polar surface area (TPSA) is 108 Å². The van der Waals surface area contributed by atoms with Gasteiger partial charge in [-0.15, -0.1) is 0 Å². The Morgan fingerprint density at radius 1 is 0.882 bits per heavy atom. The molecule has 0 aromatic rings. The first-order valence-corrected chi connectivity index (χ1v) is 6.36. The Kier molecular flexibility index (Phi) is 7.91. The SMILES string of the molecule is CCC(CN)(CN)COCC(CC)(CN)CO. The van der Waals surface area contributed by atoms with Gasteiger partial charge in [0.2, 0.25) is 0 Å². The molecule has 0 bridgehead atoms. The Bertz CT molecular complexity index is 156. The highest BCUT2D eigenvalue weighted by Gasteiger charge is 2.29. The molecule has 0 aliphatic rings. The van der Waals surface area contributed by atoms with Crippen LogP contribution in [0.2, 0.25) is 0 Å². The van der Waals surface area contributed by atoms with Crippen molar-refractivity contribution in [2.24, 2.45) is 28.0 Å². The number of ether oxygens (including phenoxy) is 1. The van der Waals surface area contributed by atoms with Gasteiger partial charge in [-0.05, 0) is 12.8 Å². The highest BCUT2D eigenvalue weighted by molar-refractivity contribution is 4.82. The standard InChI is InChI=1S/C12H29N3O2/c1-3-11(5-13,6-14)9-17-10-12(4-2,7-15)8-16/h16H,3-10,13-15H2,1-2H3. The Labute approximate surface area is 105 Å². The summed E-state index contributed by atoms with van der Waals surface area (Å²) in [5.41, 5.74) is 16.7. The normalized spacial score (nSPS) is 15.9. The predicted molar refractivity (Wildman–Crippen MR) is 70.5 cm³/mol. The Morgan fingerprint density at radius 3 is 1.59 bits per heavy atom. The molecular weight excluding hydrogens is 218 g/mol. The molecule has 0 spiro atoms. The summed E-state index contributed by atoms with van der Waals surface area (Å²) in [5.74, 6) is 0. The molecule has 104 valence electrons. The zero-order valence-corrected chi connectivity index (χ0v) is 11.2. The molecule has 0 radical (unpaired) electrons. The van der Waals surface area contributed by atoms with Gasteiger partial charge in [-0.2, -0.15) is 0 Å². The van der Waals surface area contributed by atoms with Crippen molar-refractivity contribution in [2.75, 3.05) is 39.5 Å².